The van der Waals surface area contributed by atoms with Crippen molar-refractivity contribution in [2.75, 3.05) is 38.2 Å². The number of piperazine rings is 1. The molecule has 8 nitrogen and oxygen atoms in total. The second-order valence-electron chi connectivity index (χ2n) is 7.57. The Morgan fingerprint density at radius 1 is 1.13 bits per heavy atom. The van der Waals surface area contributed by atoms with E-state index in [2.05, 4.69) is 4.90 Å². The summed E-state index contributed by atoms with van der Waals surface area (Å²) in [5.74, 6) is -0.195. The summed E-state index contributed by atoms with van der Waals surface area (Å²) in [5, 5.41) is 12.5. The summed E-state index contributed by atoms with van der Waals surface area (Å²) < 4.78 is 20.3. The molecule has 4 rings (SSSR count). The molecule has 0 N–H and O–H groups in total. The molecule has 3 aromatic rings. The Hall–Kier alpha value is -3.46. The van der Waals surface area contributed by atoms with Gasteiger partial charge in [-0.2, -0.15) is 0 Å². The predicted octanol–water partition coefficient (Wildman–Crippen LogP) is 2.92. The first kappa shape index (κ1) is 20.8. The minimum Gasteiger partial charge on any atom is -0.494 e. The van der Waals surface area contributed by atoms with Gasteiger partial charge in [0, 0.05) is 45.2 Å². The van der Waals surface area contributed by atoms with Gasteiger partial charge < -0.3 is 14.2 Å². The number of hydrogen-bond donors (Lipinski definition) is 0. The first-order chi connectivity index (χ1) is 14.9. The Morgan fingerprint density at radius 2 is 1.84 bits per heavy atom. The van der Waals surface area contributed by atoms with Crippen LogP contribution in [0.4, 0.5) is 15.8 Å². The fourth-order valence-corrected chi connectivity index (χ4v) is 4.14. The number of aryl methyl sites for hydroxylation is 1. The molecule has 0 aliphatic carbocycles. The Bertz CT molecular complexity index is 1200. The zero-order valence-electron chi connectivity index (χ0n) is 17.4. The molecule has 0 atom stereocenters. The third kappa shape index (κ3) is 3.84. The minimum absolute atomic E-state index is 0.207. The molecule has 1 fully saturated rings. The summed E-state index contributed by atoms with van der Waals surface area (Å²) in [5.41, 5.74) is 0.849. The maximum atomic E-state index is 14.0. The Balaban J connectivity index is 1.60. The summed E-state index contributed by atoms with van der Waals surface area (Å²) in [6, 6.07) is 12.1. The Morgan fingerprint density at radius 3 is 2.48 bits per heavy atom. The lowest BCUT2D eigenvalue weighted by Crippen LogP contribution is -2.46. The van der Waals surface area contributed by atoms with Gasteiger partial charge >= 0.3 is 11.2 Å². The molecule has 2 aromatic carbocycles. The fraction of sp³-hybridized carbons (Fsp3) is 0.318. The monoisotopic (exact) mass is 426 g/mol. The number of nitro groups is 1. The molecular weight excluding hydrogens is 403 g/mol. The molecule has 0 bridgehead atoms. The van der Waals surface area contributed by atoms with Crippen molar-refractivity contribution < 1.29 is 14.1 Å². The topological polar surface area (TPSA) is 80.8 Å². The highest BCUT2D eigenvalue weighted by molar-refractivity contribution is 5.96. The number of fused-ring (bicyclic) bond motifs is 1. The number of rotatable bonds is 5. The van der Waals surface area contributed by atoms with Crippen LogP contribution in [-0.4, -0.2) is 47.7 Å². The van der Waals surface area contributed by atoms with Gasteiger partial charge in [-0.1, -0.05) is 24.3 Å². The van der Waals surface area contributed by atoms with Crippen molar-refractivity contribution in [3.8, 4) is 5.75 Å². The van der Waals surface area contributed by atoms with Crippen LogP contribution >= 0.6 is 0 Å². The van der Waals surface area contributed by atoms with Gasteiger partial charge in [-0.05, 0) is 23.8 Å². The van der Waals surface area contributed by atoms with Gasteiger partial charge in [-0.3, -0.25) is 19.8 Å². The summed E-state index contributed by atoms with van der Waals surface area (Å²) >= 11 is 0. The predicted molar refractivity (Wildman–Crippen MR) is 116 cm³/mol. The molecule has 0 spiro atoms. The Labute approximate surface area is 178 Å². The van der Waals surface area contributed by atoms with Gasteiger partial charge in [0.1, 0.15) is 5.69 Å². The number of hydrogen-bond acceptors (Lipinski definition) is 6. The first-order valence-corrected chi connectivity index (χ1v) is 9.96. The van der Waals surface area contributed by atoms with E-state index in [1.165, 1.54) is 17.7 Å². The molecule has 1 aliphatic rings. The molecule has 1 aromatic heterocycles. The zero-order valence-corrected chi connectivity index (χ0v) is 17.4. The molecule has 0 saturated carbocycles. The lowest BCUT2D eigenvalue weighted by atomic mass is 10.1. The largest absolute Gasteiger partial charge is 0.494 e. The zero-order chi connectivity index (χ0) is 22.1. The van der Waals surface area contributed by atoms with E-state index >= 15 is 0 Å². The normalized spacial score (nSPS) is 14.7. The molecule has 0 radical (unpaired) electrons. The number of benzene rings is 2. The van der Waals surface area contributed by atoms with Crippen LogP contribution < -0.4 is 15.2 Å². The van der Waals surface area contributed by atoms with Crippen LogP contribution in [0, 0.1) is 15.9 Å². The number of para-hydroxylation sites is 1. The third-order valence-electron chi connectivity index (χ3n) is 5.75. The SMILES string of the molecule is COc1ccc(CN2CCN(c3c([N+](=O)[O-])c(=O)n(C)c4ccccc34)CC2)cc1F. The fourth-order valence-electron chi connectivity index (χ4n) is 4.14. The Kier molecular flexibility index (Phi) is 5.60. The lowest BCUT2D eigenvalue weighted by molar-refractivity contribution is -0.385. The van der Waals surface area contributed by atoms with Crippen LogP contribution in [0.3, 0.4) is 0 Å². The van der Waals surface area contributed by atoms with Gasteiger partial charge in [0.25, 0.3) is 0 Å². The van der Waals surface area contributed by atoms with Crippen molar-refractivity contribution in [2.24, 2.45) is 7.05 Å². The molecule has 162 valence electrons. The van der Waals surface area contributed by atoms with Crippen molar-refractivity contribution >= 4 is 22.3 Å². The maximum Gasteiger partial charge on any atom is 0.357 e. The quantitative estimate of drug-likeness (QED) is 0.461. The van der Waals surface area contributed by atoms with E-state index in [1.54, 1.807) is 19.2 Å². The van der Waals surface area contributed by atoms with E-state index in [-0.39, 0.29) is 5.75 Å². The van der Waals surface area contributed by atoms with E-state index in [0.29, 0.717) is 49.3 Å². The molecule has 0 unspecified atom stereocenters. The van der Waals surface area contributed by atoms with E-state index < -0.39 is 22.0 Å². The van der Waals surface area contributed by atoms with Crippen LogP contribution in [0.1, 0.15) is 5.56 Å². The van der Waals surface area contributed by atoms with Crippen molar-refractivity contribution in [1.29, 1.82) is 0 Å². The van der Waals surface area contributed by atoms with Gasteiger partial charge in [-0.15, -0.1) is 0 Å². The van der Waals surface area contributed by atoms with Crippen LogP contribution in [0.5, 0.6) is 5.75 Å². The van der Waals surface area contributed by atoms with Crippen molar-refractivity contribution in [3.63, 3.8) is 0 Å². The van der Waals surface area contributed by atoms with Crippen LogP contribution in [0.2, 0.25) is 0 Å². The van der Waals surface area contributed by atoms with E-state index in [4.69, 9.17) is 4.74 Å². The number of halogens is 1. The molecule has 2 heterocycles. The number of aromatic nitrogens is 1. The van der Waals surface area contributed by atoms with Gasteiger partial charge in [0.05, 0.1) is 17.5 Å². The molecule has 1 aliphatic heterocycles. The van der Waals surface area contributed by atoms with Crippen molar-refractivity contribution in [1.82, 2.24) is 9.47 Å². The maximum absolute atomic E-state index is 14.0. The van der Waals surface area contributed by atoms with Gasteiger partial charge in [0.15, 0.2) is 11.6 Å². The van der Waals surface area contributed by atoms with Gasteiger partial charge in [0.2, 0.25) is 0 Å². The number of methoxy groups -OCH3 is 1. The highest BCUT2D eigenvalue weighted by atomic mass is 19.1. The third-order valence-corrected chi connectivity index (χ3v) is 5.75. The number of pyridine rings is 1. The summed E-state index contributed by atoms with van der Waals surface area (Å²) in [7, 11) is 2.98. The molecule has 1 saturated heterocycles. The van der Waals surface area contributed by atoms with E-state index in [0.717, 1.165) is 5.56 Å². The second kappa shape index (κ2) is 8.35. The molecule has 9 heteroatoms. The van der Waals surface area contributed by atoms with Crippen LogP contribution in [-0.2, 0) is 13.6 Å². The van der Waals surface area contributed by atoms with Crippen molar-refractivity contribution in [3.05, 3.63) is 74.3 Å². The summed E-state index contributed by atoms with van der Waals surface area (Å²) in [6.45, 7) is 2.88. The molecule has 31 heavy (non-hydrogen) atoms. The second-order valence-corrected chi connectivity index (χ2v) is 7.57. The van der Waals surface area contributed by atoms with E-state index in [1.807, 2.05) is 29.2 Å². The highest BCUT2D eigenvalue weighted by Gasteiger charge is 2.30. The smallest absolute Gasteiger partial charge is 0.357 e. The van der Waals surface area contributed by atoms with Crippen LogP contribution in [0.15, 0.2) is 47.3 Å². The van der Waals surface area contributed by atoms with Gasteiger partial charge in [-0.25, -0.2) is 4.39 Å². The lowest BCUT2D eigenvalue weighted by Gasteiger charge is -2.36. The number of ether oxygens (including phenoxy) is 1. The molecule has 0 amide bonds. The highest BCUT2D eigenvalue weighted by Crippen LogP contribution is 2.34. The van der Waals surface area contributed by atoms with E-state index in [9.17, 15) is 19.3 Å². The first-order valence-electron chi connectivity index (χ1n) is 9.96. The molecular formula is C22H23FN4O4. The summed E-state index contributed by atoms with van der Waals surface area (Å²) in [6.07, 6.45) is 0. The van der Waals surface area contributed by atoms with Crippen LogP contribution in [0.25, 0.3) is 10.9 Å². The summed E-state index contributed by atoms with van der Waals surface area (Å²) in [4.78, 5) is 28.0. The average Bonchev–Trinajstić information content (AvgIpc) is 2.76. The average molecular weight is 426 g/mol. The van der Waals surface area contributed by atoms with Crippen molar-refractivity contribution in [2.45, 2.75) is 6.54 Å². The number of nitrogens with zero attached hydrogens (tertiary/aromatic N) is 4. The number of anilines is 1. The minimum atomic E-state index is -0.616. The standard InChI is InChI=1S/C22H23FN4O4/c1-24-18-6-4-3-5-16(18)20(21(22(24)28)27(29)30)26-11-9-25(10-12-26)14-15-7-8-19(31-2)17(23)13-15/h3-8,13H,9-12,14H2,1-2H3.